The van der Waals surface area contributed by atoms with Gasteiger partial charge in [-0.1, -0.05) is 0 Å². The third-order valence-corrected chi connectivity index (χ3v) is 5.90. The zero-order valence-corrected chi connectivity index (χ0v) is 15.2. The summed E-state index contributed by atoms with van der Waals surface area (Å²) in [5.74, 6) is -8.50. The molecule has 0 aromatic heterocycles. The van der Waals surface area contributed by atoms with Gasteiger partial charge in [0.2, 0.25) is 0 Å². The van der Waals surface area contributed by atoms with Crippen molar-refractivity contribution in [1.82, 2.24) is 0 Å². The predicted molar refractivity (Wildman–Crippen MR) is 74.7 cm³/mol. The Labute approximate surface area is 161 Å². The van der Waals surface area contributed by atoms with Crippen LogP contribution in [0.3, 0.4) is 0 Å². The largest absolute Gasteiger partial charge is 0.426 e. The van der Waals surface area contributed by atoms with E-state index in [0.717, 1.165) is 0 Å². The molecule has 4 unspecified atom stereocenters. The molecule has 0 amide bonds. The summed E-state index contributed by atoms with van der Waals surface area (Å²) in [7, 11) is 0. The van der Waals surface area contributed by atoms with Crippen molar-refractivity contribution in [2.24, 2.45) is 17.8 Å². The maximum Gasteiger partial charge on any atom is 0.426 e. The van der Waals surface area contributed by atoms with Crippen molar-refractivity contribution in [3.8, 4) is 0 Å². The van der Waals surface area contributed by atoms with Gasteiger partial charge in [-0.3, -0.25) is 0 Å². The fourth-order valence-electron chi connectivity index (χ4n) is 3.66. The zero-order valence-electron chi connectivity index (χ0n) is 15.2. The highest BCUT2D eigenvalue weighted by atomic mass is 19.4. The zero-order chi connectivity index (χ0) is 24.4. The molecule has 1 saturated carbocycles. The number of rotatable bonds is 3. The molecule has 0 heterocycles. The summed E-state index contributed by atoms with van der Waals surface area (Å²) in [5, 5.41) is 28.9. The summed E-state index contributed by atoms with van der Waals surface area (Å²) in [6.45, 7) is -0.0285. The monoisotopic (exact) mass is 474 g/mol. The second-order valence-electron chi connectivity index (χ2n) is 7.85. The number of hydrogen-bond donors (Lipinski definition) is 3. The van der Waals surface area contributed by atoms with E-state index in [-0.39, 0.29) is 13.8 Å². The van der Waals surface area contributed by atoms with Crippen LogP contribution >= 0.6 is 0 Å². The number of aliphatic hydroxyl groups is 3. The Morgan fingerprint density at radius 2 is 0.700 bits per heavy atom. The smallest absolute Gasteiger partial charge is 0.380 e. The van der Waals surface area contributed by atoms with Gasteiger partial charge in [-0.15, -0.1) is 0 Å². The van der Waals surface area contributed by atoms with E-state index in [1.807, 2.05) is 0 Å². The molecule has 180 valence electrons. The maximum atomic E-state index is 13.2. The van der Waals surface area contributed by atoms with Crippen LogP contribution in [0.2, 0.25) is 0 Å². The SMILES string of the molecule is CC(O)(C1CC(C(C)(O)C(F)(F)F)CC(C(O)(C(F)(F)F)C(F)(F)F)C1)C(F)(F)F. The highest BCUT2D eigenvalue weighted by molar-refractivity contribution is 5.07. The first-order chi connectivity index (χ1) is 12.8. The van der Waals surface area contributed by atoms with Crippen LogP contribution in [-0.4, -0.2) is 56.8 Å². The van der Waals surface area contributed by atoms with E-state index in [1.54, 1.807) is 0 Å². The third kappa shape index (κ3) is 4.33. The molecular weight excluding hydrogens is 456 g/mol. The Morgan fingerprint density at radius 3 is 0.900 bits per heavy atom. The minimum atomic E-state index is -6.52. The average Bonchev–Trinajstić information content (AvgIpc) is 2.49. The third-order valence-electron chi connectivity index (χ3n) is 5.90. The second kappa shape index (κ2) is 7.29. The minimum absolute atomic E-state index is 0.0142. The van der Waals surface area contributed by atoms with Crippen molar-refractivity contribution in [2.75, 3.05) is 0 Å². The molecule has 4 atom stereocenters. The van der Waals surface area contributed by atoms with E-state index in [4.69, 9.17) is 0 Å². The van der Waals surface area contributed by atoms with E-state index in [1.165, 1.54) is 0 Å². The lowest BCUT2D eigenvalue weighted by atomic mass is 9.60. The van der Waals surface area contributed by atoms with Crippen molar-refractivity contribution in [3.05, 3.63) is 0 Å². The first kappa shape index (κ1) is 27.1. The number of halogens is 12. The van der Waals surface area contributed by atoms with Crippen LogP contribution in [0.1, 0.15) is 33.1 Å². The Balaban J connectivity index is 3.65. The van der Waals surface area contributed by atoms with Crippen LogP contribution in [0.15, 0.2) is 0 Å². The van der Waals surface area contributed by atoms with Crippen molar-refractivity contribution in [1.29, 1.82) is 0 Å². The minimum Gasteiger partial charge on any atom is -0.380 e. The van der Waals surface area contributed by atoms with E-state index in [9.17, 15) is 68.0 Å². The molecule has 1 rings (SSSR count). The van der Waals surface area contributed by atoms with Gasteiger partial charge in [0.1, 0.15) is 0 Å². The Morgan fingerprint density at radius 1 is 0.467 bits per heavy atom. The van der Waals surface area contributed by atoms with Crippen LogP contribution < -0.4 is 0 Å². The lowest BCUT2D eigenvalue weighted by molar-refractivity contribution is -0.393. The lowest BCUT2D eigenvalue weighted by Crippen LogP contribution is -2.65. The first-order valence-corrected chi connectivity index (χ1v) is 8.25. The van der Waals surface area contributed by atoms with Crippen LogP contribution in [0.25, 0.3) is 0 Å². The van der Waals surface area contributed by atoms with Crippen LogP contribution in [0, 0.1) is 17.8 Å². The highest BCUT2D eigenvalue weighted by Gasteiger charge is 2.75. The van der Waals surface area contributed by atoms with Gasteiger partial charge in [-0.25, -0.2) is 0 Å². The fraction of sp³-hybridized carbons (Fsp3) is 1.00. The first-order valence-electron chi connectivity index (χ1n) is 8.25. The molecule has 30 heavy (non-hydrogen) atoms. The van der Waals surface area contributed by atoms with Gasteiger partial charge in [-0.2, -0.15) is 52.7 Å². The summed E-state index contributed by atoms with van der Waals surface area (Å²) in [5.41, 5.74) is -13.7. The molecule has 0 aromatic carbocycles. The van der Waals surface area contributed by atoms with Crippen LogP contribution in [-0.2, 0) is 0 Å². The van der Waals surface area contributed by atoms with Gasteiger partial charge in [-0.05, 0) is 44.9 Å². The maximum absolute atomic E-state index is 13.2. The Hall–Kier alpha value is -0.960. The van der Waals surface area contributed by atoms with Crippen molar-refractivity contribution in [2.45, 2.75) is 74.6 Å². The van der Waals surface area contributed by atoms with Crippen molar-refractivity contribution < 1.29 is 68.0 Å². The molecule has 0 radical (unpaired) electrons. The van der Waals surface area contributed by atoms with Gasteiger partial charge in [0.05, 0.1) is 0 Å². The molecule has 1 aliphatic rings. The van der Waals surface area contributed by atoms with Gasteiger partial charge in [0.15, 0.2) is 11.2 Å². The predicted octanol–water partition coefficient (Wildman–Crippen LogP) is 4.50. The van der Waals surface area contributed by atoms with Gasteiger partial charge >= 0.3 is 24.7 Å². The molecule has 0 saturated heterocycles. The second-order valence-corrected chi connectivity index (χ2v) is 7.85. The van der Waals surface area contributed by atoms with Crippen LogP contribution in [0.5, 0.6) is 0 Å². The molecule has 0 bridgehead atoms. The standard InChI is InChI=1S/C15H18F12O3/c1-9(28,12(16,17)18)6-3-7(10(2,29)13(19,20)21)5-8(4-6)11(30,14(22,23)24)15(25,26)27/h6-8,28-30H,3-5H2,1-2H3. The Bertz CT molecular complexity index is 566. The molecule has 1 fully saturated rings. The van der Waals surface area contributed by atoms with Crippen LogP contribution in [0.4, 0.5) is 52.7 Å². The quantitative estimate of drug-likeness (QED) is 0.528. The highest BCUT2D eigenvalue weighted by Crippen LogP contribution is 2.58. The molecular formula is C15H18F12O3. The molecule has 1 aliphatic carbocycles. The van der Waals surface area contributed by atoms with E-state index in [2.05, 4.69) is 0 Å². The fourth-order valence-corrected chi connectivity index (χ4v) is 3.66. The molecule has 15 heteroatoms. The summed E-state index contributed by atoms with van der Waals surface area (Å²) >= 11 is 0. The van der Waals surface area contributed by atoms with Crippen molar-refractivity contribution in [3.63, 3.8) is 0 Å². The summed E-state index contributed by atoms with van der Waals surface area (Å²) in [6.07, 6.45) is -29.2. The average molecular weight is 474 g/mol. The Kier molecular flexibility index (Phi) is 6.58. The summed E-state index contributed by atoms with van der Waals surface area (Å²) in [4.78, 5) is 0. The molecule has 0 aromatic rings. The lowest BCUT2D eigenvalue weighted by Gasteiger charge is -2.50. The van der Waals surface area contributed by atoms with Crippen molar-refractivity contribution >= 4 is 0 Å². The van der Waals surface area contributed by atoms with E-state index < -0.39 is 78.5 Å². The molecule has 3 nitrogen and oxygen atoms in total. The number of alkyl halides is 12. The van der Waals surface area contributed by atoms with Gasteiger partial charge in [0, 0.05) is 5.92 Å². The molecule has 3 N–H and O–H groups in total. The van der Waals surface area contributed by atoms with Gasteiger partial charge in [0.25, 0.3) is 5.60 Å². The topological polar surface area (TPSA) is 60.7 Å². The normalized spacial score (nSPS) is 29.3. The molecule has 0 spiro atoms. The van der Waals surface area contributed by atoms with E-state index in [0.29, 0.717) is 0 Å². The summed E-state index contributed by atoms with van der Waals surface area (Å²) in [6, 6.07) is 0. The summed E-state index contributed by atoms with van der Waals surface area (Å²) < 4.78 is 158. The van der Waals surface area contributed by atoms with E-state index >= 15 is 0 Å². The molecule has 0 aliphatic heterocycles. The number of hydrogen-bond acceptors (Lipinski definition) is 3. The van der Waals surface area contributed by atoms with Gasteiger partial charge < -0.3 is 15.3 Å².